The smallest absolute Gasteiger partial charge is 0.326 e. The van der Waals surface area contributed by atoms with Crippen molar-refractivity contribution in [1.82, 2.24) is 5.32 Å². The van der Waals surface area contributed by atoms with Crippen LogP contribution >= 0.6 is 0 Å². The van der Waals surface area contributed by atoms with Crippen molar-refractivity contribution in [3.8, 4) is 11.1 Å². The van der Waals surface area contributed by atoms with Crippen molar-refractivity contribution >= 4 is 34.9 Å². The summed E-state index contributed by atoms with van der Waals surface area (Å²) in [6.07, 6.45) is -3.26. The zero-order chi connectivity index (χ0) is 27.0. The van der Waals surface area contributed by atoms with E-state index in [0.717, 1.165) is 34.5 Å². The number of amides is 3. The molecule has 3 aromatic rings. The summed E-state index contributed by atoms with van der Waals surface area (Å²) >= 11 is -0.750. The van der Waals surface area contributed by atoms with Crippen molar-refractivity contribution in [2.75, 3.05) is 16.8 Å². The Morgan fingerprint density at radius 2 is 1.62 bits per heavy atom. The number of nitrogens with zero attached hydrogens (tertiary/aromatic N) is 1. The number of anilines is 2. The van der Waals surface area contributed by atoms with Gasteiger partial charge in [-0.1, -0.05) is 42.0 Å². The normalized spacial score (nSPS) is 15.3. The third-order valence-corrected chi connectivity index (χ3v) is 5.74. The lowest BCUT2D eigenvalue weighted by molar-refractivity contribution is -0.137. The first kappa shape index (κ1) is 27.6. The van der Waals surface area contributed by atoms with Gasteiger partial charge in [0.05, 0.1) is 5.56 Å². The molecule has 0 bridgehead atoms. The molecular formula is C26H24F3N3O4S. The van der Waals surface area contributed by atoms with Gasteiger partial charge in [0, 0.05) is 17.9 Å². The Hall–Kier alpha value is -3.99. The number of alkyl halides is 3. The lowest BCUT2D eigenvalue weighted by Crippen LogP contribution is -2.53. The predicted octanol–water partition coefficient (Wildman–Crippen LogP) is 5.33. The zero-order valence-electron chi connectivity index (χ0n) is 19.7. The van der Waals surface area contributed by atoms with Gasteiger partial charge in [0.2, 0.25) is 5.91 Å². The van der Waals surface area contributed by atoms with Crippen LogP contribution in [0.5, 0.6) is 0 Å². The van der Waals surface area contributed by atoms with Gasteiger partial charge in [-0.05, 0) is 67.3 Å². The highest BCUT2D eigenvalue weighted by atomic mass is 32.1. The third-order valence-electron chi connectivity index (χ3n) is 5.74. The maximum absolute atomic E-state index is 13.0. The number of benzene rings is 3. The number of aryl methyl sites for hydroxylation is 1. The fourth-order valence-corrected chi connectivity index (χ4v) is 3.99. The molecule has 0 saturated carbocycles. The highest BCUT2D eigenvalue weighted by Crippen LogP contribution is 2.30. The fraction of sp³-hybridized carbons (Fsp3) is 0.231. The van der Waals surface area contributed by atoms with E-state index >= 15 is 0 Å². The van der Waals surface area contributed by atoms with Crippen LogP contribution in [-0.4, -0.2) is 32.9 Å². The fourth-order valence-electron chi connectivity index (χ4n) is 3.99. The first-order valence-corrected chi connectivity index (χ1v) is 11.9. The van der Waals surface area contributed by atoms with Crippen molar-refractivity contribution in [3.63, 3.8) is 0 Å². The molecule has 1 unspecified atom stereocenters. The number of piperidine rings is 1. The molecule has 1 aliphatic heterocycles. The van der Waals surface area contributed by atoms with Crippen LogP contribution in [0, 0.1) is 6.92 Å². The zero-order valence-corrected chi connectivity index (χ0v) is 20.6. The minimum Gasteiger partial charge on any atom is -0.326 e. The third kappa shape index (κ3) is 7.50. The molecule has 7 nitrogen and oxygen atoms in total. The minimum atomic E-state index is -4.45. The van der Waals surface area contributed by atoms with Crippen LogP contribution in [0.4, 0.5) is 29.3 Å². The number of nitrogens with one attached hydrogen (secondary N) is 2. The van der Waals surface area contributed by atoms with Crippen LogP contribution in [-0.2, 0) is 22.5 Å². The van der Waals surface area contributed by atoms with E-state index in [1.54, 1.807) is 4.90 Å². The quantitative estimate of drug-likeness (QED) is 0.476. The number of rotatable bonds is 4. The van der Waals surface area contributed by atoms with E-state index in [2.05, 4.69) is 16.7 Å². The molecule has 194 valence electrons. The van der Waals surface area contributed by atoms with E-state index in [9.17, 15) is 22.8 Å². The number of urea groups is 1. The predicted molar refractivity (Wildman–Crippen MR) is 135 cm³/mol. The van der Waals surface area contributed by atoms with Crippen LogP contribution in [0.15, 0.2) is 72.8 Å². The summed E-state index contributed by atoms with van der Waals surface area (Å²) in [5.74, 6) is -0.225. The van der Waals surface area contributed by atoms with Gasteiger partial charge in [-0.2, -0.15) is 21.6 Å². The number of halogens is 3. The maximum Gasteiger partial charge on any atom is 0.416 e. The van der Waals surface area contributed by atoms with Gasteiger partial charge in [0.1, 0.15) is 6.04 Å². The summed E-state index contributed by atoms with van der Waals surface area (Å²) in [6.45, 7) is 2.58. The van der Waals surface area contributed by atoms with E-state index in [1.807, 2.05) is 49.4 Å². The first-order valence-electron chi connectivity index (χ1n) is 11.3. The largest absolute Gasteiger partial charge is 0.416 e. The Labute approximate surface area is 215 Å². The SMILES string of the molecule is Cc1cccc(-c2ccc(N3CCCC(NC(=O)Nc4ccc(C(F)(F)F)cc4)C3=O)cc2)c1.O=S=O. The number of carbonyl (C=O) groups excluding carboxylic acids is 2. The van der Waals surface area contributed by atoms with Crippen LogP contribution in [0.3, 0.4) is 0 Å². The van der Waals surface area contributed by atoms with Crippen molar-refractivity contribution in [2.45, 2.75) is 32.0 Å². The number of carbonyl (C=O) groups is 2. The molecular weight excluding hydrogens is 507 g/mol. The second-order valence-electron chi connectivity index (χ2n) is 8.34. The van der Waals surface area contributed by atoms with Crippen LogP contribution < -0.4 is 15.5 Å². The Morgan fingerprint density at radius 3 is 2.22 bits per heavy atom. The van der Waals surface area contributed by atoms with Crippen molar-refractivity contribution in [1.29, 1.82) is 0 Å². The highest BCUT2D eigenvalue weighted by Gasteiger charge is 2.32. The van der Waals surface area contributed by atoms with Gasteiger partial charge >= 0.3 is 23.8 Å². The molecule has 1 saturated heterocycles. The van der Waals surface area contributed by atoms with Gasteiger partial charge in [0.15, 0.2) is 0 Å². The molecule has 0 aromatic heterocycles. The second kappa shape index (κ2) is 12.3. The molecule has 1 aliphatic rings. The first-order chi connectivity index (χ1) is 17.6. The molecule has 0 aliphatic carbocycles. The summed E-state index contributed by atoms with van der Waals surface area (Å²) in [5, 5.41) is 5.13. The van der Waals surface area contributed by atoms with Crippen molar-refractivity contribution in [2.24, 2.45) is 0 Å². The van der Waals surface area contributed by atoms with Gasteiger partial charge in [-0.15, -0.1) is 0 Å². The summed E-state index contributed by atoms with van der Waals surface area (Å²) in [4.78, 5) is 27.0. The molecule has 4 rings (SSSR count). The topological polar surface area (TPSA) is 95.6 Å². The number of hydrogen-bond donors (Lipinski definition) is 2. The molecule has 0 spiro atoms. The standard InChI is InChI=1S/C26H24F3N3O2.O2S/c1-17-4-2-5-19(16-17)18-7-13-22(14-8-18)32-15-3-6-23(24(32)33)31-25(34)30-21-11-9-20(10-12-21)26(27,28)29;1-3-2/h2,4-5,7-14,16,23H,3,6,15H2,1H3,(H2,30,31,34);. The van der Waals surface area contributed by atoms with Crippen LogP contribution in [0.25, 0.3) is 11.1 Å². The molecule has 0 radical (unpaired) electrons. The number of hydrogen-bond acceptors (Lipinski definition) is 4. The van der Waals surface area contributed by atoms with E-state index < -0.39 is 35.4 Å². The summed E-state index contributed by atoms with van der Waals surface area (Å²) < 4.78 is 54.7. The molecule has 11 heteroatoms. The Bertz CT molecular complexity index is 1280. The molecule has 37 heavy (non-hydrogen) atoms. The monoisotopic (exact) mass is 531 g/mol. The van der Waals surface area contributed by atoms with Gasteiger partial charge < -0.3 is 15.5 Å². The molecule has 3 aromatic carbocycles. The van der Waals surface area contributed by atoms with Crippen LogP contribution in [0.1, 0.15) is 24.0 Å². The van der Waals surface area contributed by atoms with Gasteiger partial charge in [-0.25, -0.2) is 4.79 Å². The average Bonchev–Trinajstić information content (AvgIpc) is 2.86. The summed E-state index contributed by atoms with van der Waals surface area (Å²) in [5.41, 5.74) is 3.45. The Kier molecular flexibility index (Phi) is 9.18. The van der Waals surface area contributed by atoms with Gasteiger partial charge in [-0.3, -0.25) is 4.79 Å². The molecule has 1 heterocycles. The maximum atomic E-state index is 13.0. The molecule has 3 amide bonds. The van der Waals surface area contributed by atoms with Crippen molar-refractivity contribution < 1.29 is 31.2 Å². The molecule has 1 atom stereocenters. The molecule has 2 N–H and O–H groups in total. The molecule has 1 fully saturated rings. The van der Waals surface area contributed by atoms with Crippen LogP contribution in [0.2, 0.25) is 0 Å². The lowest BCUT2D eigenvalue weighted by Gasteiger charge is -2.32. The van der Waals surface area contributed by atoms with E-state index in [4.69, 9.17) is 8.42 Å². The second-order valence-corrected chi connectivity index (χ2v) is 8.48. The lowest BCUT2D eigenvalue weighted by atomic mass is 10.0. The van der Waals surface area contributed by atoms with Gasteiger partial charge in [0.25, 0.3) is 0 Å². The van der Waals surface area contributed by atoms with E-state index in [-0.39, 0.29) is 11.6 Å². The average molecular weight is 532 g/mol. The Balaban J connectivity index is 0.00000121. The van der Waals surface area contributed by atoms with Crippen molar-refractivity contribution in [3.05, 3.63) is 83.9 Å². The van der Waals surface area contributed by atoms with E-state index in [0.29, 0.717) is 19.4 Å². The van der Waals surface area contributed by atoms with E-state index in [1.165, 1.54) is 12.1 Å². The minimum absolute atomic E-state index is 0.206. The summed E-state index contributed by atoms with van der Waals surface area (Å²) in [7, 11) is 0. The highest BCUT2D eigenvalue weighted by molar-refractivity contribution is 7.51. The summed E-state index contributed by atoms with van der Waals surface area (Å²) in [6, 6.07) is 18.6. The Morgan fingerprint density at radius 1 is 0.973 bits per heavy atom.